The Kier molecular flexibility index (Phi) is 6.52. The molecule has 3 rings (SSSR count). The topological polar surface area (TPSA) is 27.7 Å². The molecule has 5 heteroatoms. The summed E-state index contributed by atoms with van der Waals surface area (Å²) in [6, 6.07) is 0. The van der Waals surface area contributed by atoms with Gasteiger partial charge in [0.2, 0.25) is 0 Å². The molecule has 0 aromatic rings. The molecule has 2 aliphatic carbocycles. The van der Waals surface area contributed by atoms with Crippen LogP contribution in [-0.2, 0) is 14.2 Å². The summed E-state index contributed by atoms with van der Waals surface area (Å²) in [4.78, 5) is 0. The van der Waals surface area contributed by atoms with Gasteiger partial charge in [0.25, 0.3) is 0 Å². The van der Waals surface area contributed by atoms with E-state index in [1.54, 1.807) is 0 Å². The minimum Gasteiger partial charge on any atom is -0.498 e. The summed E-state index contributed by atoms with van der Waals surface area (Å²) in [5, 5.41) is 0. The van der Waals surface area contributed by atoms with Crippen LogP contribution in [0.2, 0.25) is 0 Å². The van der Waals surface area contributed by atoms with Gasteiger partial charge in [0, 0.05) is 18.8 Å². The van der Waals surface area contributed by atoms with Crippen LogP contribution in [0.1, 0.15) is 51.9 Å². The first-order valence-corrected chi connectivity index (χ1v) is 9.58. The van der Waals surface area contributed by atoms with E-state index in [1.807, 2.05) is 12.2 Å². The molecule has 0 aromatic carbocycles. The molecule has 1 fully saturated rings. The second kappa shape index (κ2) is 8.85. The minimum absolute atomic E-state index is 0.0993. The number of rotatable bonds is 6. The highest BCUT2D eigenvalue weighted by atomic mass is 19.2. The SMILES string of the molecule is CCC1CCC(COC2=CC=C(C3=C(F)C(F)=C(OC)CC3)CC2)CO1. The number of hydrogen-bond acceptors (Lipinski definition) is 3. The van der Waals surface area contributed by atoms with Crippen molar-refractivity contribution in [2.75, 3.05) is 20.3 Å². The first kappa shape index (κ1) is 19.2. The third-order valence-electron chi connectivity index (χ3n) is 5.47. The van der Waals surface area contributed by atoms with Crippen LogP contribution in [0.25, 0.3) is 0 Å². The molecule has 3 aliphatic rings. The average Bonchev–Trinajstić information content (AvgIpc) is 2.69. The third-order valence-corrected chi connectivity index (χ3v) is 5.47. The summed E-state index contributed by atoms with van der Waals surface area (Å²) < 4.78 is 44.9. The lowest BCUT2D eigenvalue weighted by Gasteiger charge is -2.29. The van der Waals surface area contributed by atoms with E-state index in [0.29, 0.717) is 43.5 Å². The molecule has 1 saturated heterocycles. The Labute approximate surface area is 154 Å². The van der Waals surface area contributed by atoms with Crippen molar-refractivity contribution in [1.82, 2.24) is 0 Å². The van der Waals surface area contributed by atoms with Crippen molar-refractivity contribution in [3.05, 3.63) is 46.5 Å². The molecule has 0 aromatic heterocycles. The van der Waals surface area contributed by atoms with Crippen molar-refractivity contribution >= 4 is 0 Å². The van der Waals surface area contributed by atoms with Crippen LogP contribution >= 0.6 is 0 Å². The molecular weight excluding hydrogens is 338 g/mol. The molecular formula is C21H28F2O3. The Bertz CT molecular complexity index is 638. The first-order chi connectivity index (χ1) is 12.6. The molecule has 0 amide bonds. The lowest BCUT2D eigenvalue weighted by molar-refractivity contribution is -0.0356. The Morgan fingerprint density at radius 2 is 1.92 bits per heavy atom. The van der Waals surface area contributed by atoms with Gasteiger partial charge in [0.1, 0.15) is 5.76 Å². The summed E-state index contributed by atoms with van der Waals surface area (Å²) in [6.45, 7) is 3.58. The molecule has 26 heavy (non-hydrogen) atoms. The van der Waals surface area contributed by atoms with E-state index < -0.39 is 11.7 Å². The van der Waals surface area contributed by atoms with Crippen LogP contribution in [-0.4, -0.2) is 26.4 Å². The van der Waals surface area contributed by atoms with Gasteiger partial charge in [0.05, 0.1) is 32.2 Å². The second-order valence-electron chi connectivity index (χ2n) is 7.18. The maximum absolute atomic E-state index is 14.3. The summed E-state index contributed by atoms with van der Waals surface area (Å²) in [6.07, 6.45) is 9.72. The smallest absolute Gasteiger partial charge is 0.196 e. The van der Waals surface area contributed by atoms with Crippen molar-refractivity contribution in [2.24, 2.45) is 5.92 Å². The molecule has 3 nitrogen and oxygen atoms in total. The fourth-order valence-corrected chi connectivity index (χ4v) is 3.73. The summed E-state index contributed by atoms with van der Waals surface area (Å²) >= 11 is 0. The predicted molar refractivity (Wildman–Crippen MR) is 96.6 cm³/mol. The number of halogens is 2. The van der Waals surface area contributed by atoms with E-state index in [0.717, 1.165) is 43.6 Å². The van der Waals surface area contributed by atoms with E-state index in [2.05, 4.69) is 6.92 Å². The Morgan fingerprint density at radius 3 is 2.54 bits per heavy atom. The first-order valence-electron chi connectivity index (χ1n) is 9.58. The third kappa shape index (κ3) is 4.37. The number of allylic oxidation sites excluding steroid dienone is 8. The predicted octanol–water partition coefficient (Wildman–Crippen LogP) is 5.66. The quantitative estimate of drug-likeness (QED) is 0.607. The van der Waals surface area contributed by atoms with E-state index in [1.165, 1.54) is 7.11 Å². The summed E-state index contributed by atoms with van der Waals surface area (Å²) in [7, 11) is 1.37. The molecule has 0 bridgehead atoms. The number of methoxy groups -OCH3 is 1. The van der Waals surface area contributed by atoms with Gasteiger partial charge in [-0.05, 0) is 49.3 Å². The lowest BCUT2D eigenvalue weighted by atomic mass is 9.89. The van der Waals surface area contributed by atoms with Crippen LogP contribution in [0.3, 0.4) is 0 Å². The van der Waals surface area contributed by atoms with Gasteiger partial charge in [-0.25, -0.2) is 8.78 Å². The Balaban J connectivity index is 1.56. The fraction of sp³-hybridized carbons (Fsp3) is 0.619. The molecule has 1 aliphatic heterocycles. The van der Waals surface area contributed by atoms with Gasteiger partial charge < -0.3 is 14.2 Å². The van der Waals surface area contributed by atoms with Crippen LogP contribution in [0.5, 0.6) is 0 Å². The lowest BCUT2D eigenvalue weighted by Crippen LogP contribution is -2.28. The van der Waals surface area contributed by atoms with Gasteiger partial charge in [-0.15, -0.1) is 0 Å². The molecule has 0 spiro atoms. The molecule has 2 atom stereocenters. The monoisotopic (exact) mass is 366 g/mol. The number of hydrogen-bond donors (Lipinski definition) is 0. The van der Waals surface area contributed by atoms with E-state index in [4.69, 9.17) is 14.2 Å². The van der Waals surface area contributed by atoms with E-state index >= 15 is 0 Å². The minimum atomic E-state index is -0.858. The van der Waals surface area contributed by atoms with Crippen molar-refractivity contribution in [3.63, 3.8) is 0 Å². The normalized spacial score (nSPS) is 27.2. The van der Waals surface area contributed by atoms with Crippen LogP contribution < -0.4 is 0 Å². The zero-order valence-corrected chi connectivity index (χ0v) is 15.7. The van der Waals surface area contributed by atoms with Crippen molar-refractivity contribution in [2.45, 2.75) is 58.0 Å². The zero-order valence-electron chi connectivity index (χ0n) is 15.7. The highest BCUT2D eigenvalue weighted by molar-refractivity contribution is 5.45. The average molecular weight is 366 g/mol. The fourth-order valence-electron chi connectivity index (χ4n) is 3.73. The maximum atomic E-state index is 14.3. The van der Waals surface area contributed by atoms with Gasteiger partial charge >= 0.3 is 0 Å². The largest absolute Gasteiger partial charge is 0.498 e. The number of ether oxygens (including phenoxy) is 3. The van der Waals surface area contributed by atoms with Gasteiger partial charge in [-0.2, -0.15) is 0 Å². The van der Waals surface area contributed by atoms with Crippen molar-refractivity contribution in [1.29, 1.82) is 0 Å². The van der Waals surface area contributed by atoms with Gasteiger partial charge in [-0.3, -0.25) is 0 Å². The molecule has 2 unspecified atom stereocenters. The van der Waals surface area contributed by atoms with Gasteiger partial charge in [0.15, 0.2) is 11.7 Å². The van der Waals surface area contributed by atoms with Crippen LogP contribution in [0.15, 0.2) is 46.5 Å². The van der Waals surface area contributed by atoms with E-state index in [9.17, 15) is 8.78 Å². The van der Waals surface area contributed by atoms with Crippen LogP contribution in [0, 0.1) is 5.92 Å². The van der Waals surface area contributed by atoms with Crippen LogP contribution in [0.4, 0.5) is 8.78 Å². The maximum Gasteiger partial charge on any atom is 0.196 e. The molecule has 1 heterocycles. The highest BCUT2D eigenvalue weighted by Gasteiger charge is 2.26. The van der Waals surface area contributed by atoms with Crippen molar-refractivity contribution in [3.8, 4) is 0 Å². The molecule has 144 valence electrons. The molecule has 0 saturated carbocycles. The summed E-state index contributed by atoms with van der Waals surface area (Å²) in [5.41, 5.74) is 1.32. The summed E-state index contributed by atoms with van der Waals surface area (Å²) in [5.74, 6) is -0.182. The standard InChI is InChI=1S/C21H28F2O3/c1-3-16-7-4-14(12-25-16)13-26-17-8-5-15(6-9-17)18-10-11-19(24-2)21(23)20(18)22/h5,8,14,16H,3-4,6-7,9-13H2,1-2H3. The Morgan fingerprint density at radius 1 is 1.08 bits per heavy atom. The van der Waals surface area contributed by atoms with Crippen molar-refractivity contribution < 1.29 is 23.0 Å². The Hall–Kier alpha value is -1.62. The molecule has 0 N–H and O–H groups in total. The second-order valence-corrected chi connectivity index (χ2v) is 7.18. The van der Waals surface area contributed by atoms with E-state index in [-0.39, 0.29) is 5.76 Å². The zero-order chi connectivity index (χ0) is 18.5. The molecule has 0 radical (unpaired) electrons. The highest BCUT2D eigenvalue weighted by Crippen LogP contribution is 2.38. The van der Waals surface area contributed by atoms with Gasteiger partial charge in [-0.1, -0.05) is 13.0 Å².